The van der Waals surface area contributed by atoms with E-state index in [1.807, 2.05) is 60.0 Å². The first-order valence-electron chi connectivity index (χ1n) is 8.99. The van der Waals surface area contributed by atoms with Crippen LogP contribution in [-0.2, 0) is 6.54 Å². The number of nitrogens with zero attached hydrogens (tertiary/aromatic N) is 2. The van der Waals surface area contributed by atoms with Gasteiger partial charge in [-0.25, -0.2) is 4.98 Å². The summed E-state index contributed by atoms with van der Waals surface area (Å²) in [6.07, 6.45) is 0. The molecule has 1 amide bonds. The van der Waals surface area contributed by atoms with Gasteiger partial charge in [-0.1, -0.05) is 59.7 Å². The second-order valence-corrected chi connectivity index (χ2v) is 6.82. The first kappa shape index (κ1) is 17.0. The summed E-state index contributed by atoms with van der Waals surface area (Å²) >= 11 is 0. The van der Waals surface area contributed by atoms with E-state index in [2.05, 4.69) is 41.5 Å². The Bertz CT molecular complexity index is 1090. The van der Waals surface area contributed by atoms with Crippen molar-refractivity contribution < 1.29 is 4.79 Å². The number of imidazole rings is 1. The Balaban J connectivity index is 1.70. The molecule has 4 rings (SSSR count). The van der Waals surface area contributed by atoms with Crippen molar-refractivity contribution >= 4 is 22.9 Å². The summed E-state index contributed by atoms with van der Waals surface area (Å²) in [6.45, 7) is 4.72. The summed E-state index contributed by atoms with van der Waals surface area (Å²) in [6, 6.07) is 23.9. The third-order valence-corrected chi connectivity index (χ3v) is 4.65. The van der Waals surface area contributed by atoms with Crippen molar-refractivity contribution in [1.82, 2.24) is 9.55 Å². The van der Waals surface area contributed by atoms with Crippen LogP contribution in [0.25, 0.3) is 11.0 Å². The molecule has 4 aromatic rings. The SMILES string of the molecule is Cc1ccc(Cn2c(NC(=O)c3ccc(C)cc3)nc3ccccc32)cc1. The molecule has 0 spiro atoms. The molecule has 0 atom stereocenters. The lowest BCUT2D eigenvalue weighted by atomic mass is 10.1. The molecule has 1 N–H and O–H groups in total. The van der Waals surface area contributed by atoms with Crippen LogP contribution in [0.5, 0.6) is 0 Å². The van der Waals surface area contributed by atoms with Gasteiger partial charge in [-0.05, 0) is 43.7 Å². The molecule has 1 aromatic heterocycles. The van der Waals surface area contributed by atoms with Gasteiger partial charge >= 0.3 is 0 Å². The summed E-state index contributed by atoms with van der Waals surface area (Å²) in [5.41, 5.74) is 5.99. The Hall–Kier alpha value is -3.40. The fraction of sp³-hybridized carbons (Fsp3) is 0.130. The number of nitrogens with one attached hydrogen (secondary N) is 1. The Morgan fingerprint density at radius 2 is 1.52 bits per heavy atom. The number of hydrogen-bond donors (Lipinski definition) is 1. The summed E-state index contributed by atoms with van der Waals surface area (Å²) in [5.74, 6) is 0.401. The predicted octanol–water partition coefficient (Wildman–Crippen LogP) is 4.95. The zero-order valence-corrected chi connectivity index (χ0v) is 15.4. The van der Waals surface area contributed by atoms with Crippen molar-refractivity contribution in [3.05, 3.63) is 95.1 Å². The van der Waals surface area contributed by atoms with Gasteiger partial charge in [0.1, 0.15) is 0 Å². The monoisotopic (exact) mass is 355 g/mol. The van der Waals surface area contributed by atoms with E-state index in [1.165, 1.54) is 5.56 Å². The second kappa shape index (κ2) is 7.08. The molecule has 0 unspecified atom stereocenters. The standard InChI is InChI=1S/C23H21N3O/c1-16-7-11-18(12-8-16)15-26-21-6-4-3-5-20(21)24-23(26)25-22(27)19-13-9-17(2)10-14-19/h3-14H,15H2,1-2H3,(H,24,25,27). The van der Waals surface area contributed by atoms with Crippen LogP contribution in [0.1, 0.15) is 27.0 Å². The molecule has 27 heavy (non-hydrogen) atoms. The van der Waals surface area contributed by atoms with Crippen LogP contribution in [0.15, 0.2) is 72.8 Å². The highest BCUT2D eigenvalue weighted by molar-refractivity contribution is 6.04. The topological polar surface area (TPSA) is 46.9 Å². The van der Waals surface area contributed by atoms with E-state index in [-0.39, 0.29) is 5.91 Å². The van der Waals surface area contributed by atoms with Gasteiger partial charge in [0.2, 0.25) is 5.95 Å². The molecule has 3 aromatic carbocycles. The van der Waals surface area contributed by atoms with Gasteiger partial charge in [0.05, 0.1) is 17.6 Å². The smallest absolute Gasteiger partial charge is 0.257 e. The van der Waals surface area contributed by atoms with Gasteiger partial charge in [-0.2, -0.15) is 0 Å². The lowest BCUT2D eigenvalue weighted by molar-refractivity contribution is 0.102. The van der Waals surface area contributed by atoms with E-state index in [1.54, 1.807) is 0 Å². The van der Waals surface area contributed by atoms with Crippen molar-refractivity contribution in [2.24, 2.45) is 0 Å². The number of hydrogen-bond acceptors (Lipinski definition) is 2. The minimum Gasteiger partial charge on any atom is -0.305 e. The van der Waals surface area contributed by atoms with Crippen molar-refractivity contribution in [2.75, 3.05) is 5.32 Å². The number of para-hydroxylation sites is 2. The Morgan fingerprint density at radius 1 is 0.889 bits per heavy atom. The molecular formula is C23H21N3O. The summed E-state index contributed by atoms with van der Waals surface area (Å²) in [5, 5.41) is 2.98. The van der Waals surface area contributed by atoms with Crippen molar-refractivity contribution in [3.8, 4) is 0 Å². The highest BCUT2D eigenvalue weighted by Gasteiger charge is 2.14. The van der Waals surface area contributed by atoms with Gasteiger partial charge in [-0.3, -0.25) is 10.1 Å². The highest BCUT2D eigenvalue weighted by Crippen LogP contribution is 2.22. The molecule has 0 fully saturated rings. The Labute approximate surface area is 158 Å². The van der Waals surface area contributed by atoms with Crippen LogP contribution in [0, 0.1) is 13.8 Å². The quantitative estimate of drug-likeness (QED) is 0.563. The lowest BCUT2D eigenvalue weighted by Gasteiger charge is -2.11. The van der Waals surface area contributed by atoms with E-state index in [0.29, 0.717) is 18.1 Å². The number of carbonyl (C=O) groups is 1. The second-order valence-electron chi connectivity index (χ2n) is 6.82. The summed E-state index contributed by atoms with van der Waals surface area (Å²) in [4.78, 5) is 17.3. The first-order valence-corrected chi connectivity index (χ1v) is 8.99. The largest absolute Gasteiger partial charge is 0.305 e. The number of aromatic nitrogens is 2. The zero-order chi connectivity index (χ0) is 18.8. The molecule has 0 saturated carbocycles. The van der Waals surface area contributed by atoms with Crippen LogP contribution in [0.2, 0.25) is 0 Å². The number of benzene rings is 3. The number of anilines is 1. The number of aryl methyl sites for hydroxylation is 2. The molecule has 0 bridgehead atoms. The minimum absolute atomic E-state index is 0.157. The molecule has 0 aliphatic heterocycles. The van der Waals surface area contributed by atoms with Crippen LogP contribution in [0.4, 0.5) is 5.95 Å². The van der Waals surface area contributed by atoms with Crippen molar-refractivity contribution in [3.63, 3.8) is 0 Å². The van der Waals surface area contributed by atoms with E-state index in [4.69, 9.17) is 0 Å². The molecule has 4 nitrogen and oxygen atoms in total. The number of rotatable bonds is 4. The Kier molecular flexibility index (Phi) is 4.47. The van der Waals surface area contributed by atoms with E-state index >= 15 is 0 Å². The van der Waals surface area contributed by atoms with Crippen LogP contribution < -0.4 is 5.32 Å². The van der Waals surface area contributed by atoms with Gasteiger partial charge in [0, 0.05) is 5.56 Å². The van der Waals surface area contributed by atoms with Gasteiger partial charge < -0.3 is 4.57 Å². The third kappa shape index (κ3) is 3.60. The zero-order valence-electron chi connectivity index (χ0n) is 15.4. The molecule has 134 valence electrons. The van der Waals surface area contributed by atoms with Crippen LogP contribution in [0.3, 0.4) is 0 Å². The summed E-state index contributed by atoms with van der Waals surface area (Å²) < 4.78 is 2.05. The third-order valence-electron chi connectivity index (χ3n) is 4.65. The number of carbonyl (C=O) groups excluding carboxylic acids is 1. The average Bonchev–Trinajstić information content (AvgIpc) is 3.01. The average molecular weight is 355 g/mol. The Morgan fingerprint density at radius 3 is 2.22 bits per heavy atom. The molecule has 0 saturated heterocycles. The molecule has 0 aliphatic rings. The highest BCUT2D eigenvalue weighted by atomic mass is 16.1. The van der Waals surface area contributed by atoms with E-state index in [9.17, 15) is 4.79 Å². The van der Waals surface area contributed by atoms with Crippen molar-refractivity contribution in [2.45, 2.75) is 20.4 Å². The molecule has 0 aliphatic carbocycles. The number of fused-ring (bicyclic) bond motifs is 1. The normalized spacial score (nSPS) is 10.9. The maximum atomic E-state index is 12.7. The maximum Gasteiger partial charge on any atom is 0.257 e. The maximum absolute atomic E-state index is 12.7. The van der Waals surface area contributed by atoms with E-state index in [0.717, 1.165) is 22.2 Å². The van der Waals surface area contributed by atoms with Gasteiger partial charge in [0.25, 0.3) is 5.91 Å². The fourth-order valence-corrected chi connectivity index (χ4v) is 3.09. The molecule has 0 radical (unpaired) electrons. The molecule has 1 heterocycles. The van der Waals surface area contributed by atoms with Gasteiger partial charge in [0.15, 0.2) is 0 Å². The van der Waals surface area contributed by atoms with Gasteiger partial charge in [-0.15, -0.1) is 0 Å². The van der Waals surface area contributed by atoms with Crippen LogP contribution >= 0.6 is 0 Å². The first-order chi connectivity index (χ1) is 13.1. The predicted molar refractivity (Wildman–Crippen MR) is 109 cm³/mol. The number of amides is 1. The minimum atomic E-state index is -0.157. The summed E-state index contributed by atoms with van der Waals surface area (Å²) in [7, 11) is 0. The van der Waals surface area contributed by atoms with Crippen molar-refractivity contribution in [1.29, 1.82) is 0 Å². The fourth-order valence-electron chi connectivity index (χ4n) is 3.09. The molecule has 4 heteroatoms. The van der Waals surface area contributed by atoms with E-state index < -0.39 is 0 Å². The lowest BCUT2D eigenvalue weighted by Crippen LogP contribution is -2.16. The van der Waals surface area contributed by atoms with Crippen LogP contribution in [-0.4, -0.2) is 15.5 Å². The molecular weight excluding hydrogens is 334 g/mol.